The van der Waals surface area contributed by atoms with Crippen molar-refractivity contribution in [3.8, 4) is 0 Å². The highest BCUT2D eigenvalue weighted by Crippen LogP contribution is 2.22. The summed E-state index contributed by atoms with van der Waals surface area (Å²) in [5.41, 5.74) is -0.855. The van der Waals surface area contributed by atoms with Crippen LogP contribution >= 0.6 is 11.3 Å². The number of halogens is 2. The molecule has 1 aromatic heterocycles. The number of hydrogen-bond acceptors (Lipinski definition) is 3. The second-order valence-electron chi connectivity index (χ2n) is 5.05. The molecule has 0 radical (unpaired) electrons. The van der Waals surface area contributed by atoms with E-state index in [2.05, 4.69) is 5.32 Å². The molecule has 0 aliphatic carbocycles. The molecule has 0 fully saturated rings. The maximum absolute atomic E-state index is 13.7. The van der Waals surface area contributed by atoms with Gasteiger partial charge in [0.25, 0.3) is 5.91 Å². The zero-order valence-electron chi connectivity index (χ0n) is 11.6. The van der Waals surface area contributed by atoms with Crippen LogP contribution in [0.3, 0.4) is 0 Å². The molecule has 0 aliphatic heterocycles. The van der Waals surface area contributed by atoms with Gasteiger partial charge in [-0.3, -0.25) is 4.79 Å². The molecule has 21 heavy (non-hydrogen) atoms. The summed E-state index contributed by atoms with van der Waals surface area (Å²) in [4.78, 5) is 11.9. The fraction of sp³-hybridized carbons (Fsp3) is 0.267. The Morgan fingerprint density at radius 1 is 1.38 bits per heavy atom. The minimum absolute atomic E-state index is 0.0997. The average Bonchev–Trinajstić information content (AvgIpc) is 2.95. The Balaban J connectivity index is 2.11. The summed E-state index contributed by atoms with van der Waals surface area (Å²) >= 11 is 1.42. The van der Waals surface area contributed by atoms with Crippen molar-refractivity contribution in [2.45, 2.75) is 19.4 Å². The van der Waals surface area contributed by atoms with Crippen LogP contribution in [-0.2, 0) is 5.60 Å². The van der Waals surface area contributed by atoms with E-state index in [-0.39, 0.29) is 17.7 Å². The number of benzene rings is 1. The summed E-state index contributed by atoms with van der Waals surface area (Å²) in [5.74, 6) is -2.20. The van der Waals surface area contributed by atoms with Crippen LogP contribution in [0.1, 0.15) is 28.4 Å². The number of aliphatic hydroxyl groups is 1. The summed E-state index contributed by atoms with van der Waals surface area (Å²) in [6.45, 7) is 2.86. The topological polar surface area (TPSA) is 49.3 Å². The van der Waals surface area contributed by atoms with E-state index in [1.54, 1.807) is 23.8 Å². The highest BCUT2D eigenvalue weighted by Gasteiger charge is 2.25. The predicted octanol–water partition coefficient (Wildman–Crippen LogP) is 2.97. The lowest BCUT2D eigenvalue weighted by Crippen LogP contribution is -2.38. The third-order valence-corrected chi connectivity index (χ3v) is 3.91. The van der Waals surface area contributed by atoms with Gasteiger partial charge in [-0.15, -0.1) is 0 Å². The Morgan fingerprint density at radius 2 is 2.10 bits per heavy atom. The van der Waals surface area contributed by atoms with Gasteiger partial charge in [-0.05, 0) is 53.9 Å². The van der Waals surface area contributed by atoms with Crippen LogP contribution in [0.2, 0.25) is 0 Å². The number of rotatable bonds is 4. The number of aryl methyl sites for hydroxylation is 1. The molecule has 0 saturated heterocycles. The molecule has 0 aliphatic rings. The van der Waals surface area contributed by atoms with E-state index < -0.39 is 23.1 Å². The van der Waals surface area contributed by atoms with Crippen molar-refractivity contribution in [3.63, 3.8) is 0 Å². The summed E-state index contributed by atoms with van der Waals surface area (Å²) in [6, 6.07) is 3.57. The molecule has 2 rings (SSSR count). The van der Waals surface area contributed by atoms with E-state index in [4.69, 9.17) is 0 Å². The van der Waals surface area contributed by atoms with Gasteiger partial charge in [0.2, 0.25) is 0 Å². The Bertz CT molecular complexity index is 654. The molecule has 0 saturated carbocycles. The SMILES string of the molecule is Cc1cc(F)c(C(=O)NCC(C)(O)c2ccsc2)cc1F. The Hall–Kier alpha value is -1.79. The first kappa shape index (κ1) is 15.6. The summed E-state index contributed by atoms with van der Waals surface area (Å²) in [7, 11) is 0. The maximum atomic E-state index is 13.7. The fourth-order valence-corrected chi connectivity index (χ4v) is 2.62. The van der Waals surface area contributed by atoms with Crippen molar-refractivity contribution in [2.24, 2.45) is 0 Å². The first-order chi connectivity index (χ1) is 9.81. The van der Waals surface area contributed by atoms with Crippen molar-refractivity contribution >= 4 is 17.2 Å². The number of carbonyl (C=O) groups is 1. The molecule has 6 heteroatoms. The van der Waals surface area contributed by atoms with Gasteiger partial charge in [0.15, 0.2) is 0 Å². The molecular weight excluding hydrogens is 296 g/mol. The predicted molar refractivity (Wildman–Crippen MR) is 77.3 cm³/mol. The highest BCUT2D eigenvalue weighted by atomic mass is 32.1. The second kappa shape index (κ2) is 5.91. The molecule has 1 amide bonds. The molecule has 3 nitrogen and oxygen atoms in total. The molecule has 1 heterocycles. The van der Waals surface area contributed by atoms with Crippen LogP contribution in [-0.4, -0.2) is 17.6 Å². The van der Waals surface area contributed by atoms with E-state index in [1.807, 2.05) is 0 Å². The quantitative estimate of drug-likeness (QED) is 0.912. The molecule has 2 N–H and O–H groups in total. The number of hydrogen-bond donors (Lipinski definition) is 2. The molecule has 112 valence electrons. The molecular formula is C15H15F2NO2S. The number of thiophene rings is 1. The lowest BCUT2D eigenvalue weighted by molar-refractivity contribution is 0.0528. The maximum Gasteiger partial charge on any atom is 0.254 e. The van der Waals surface area contributed by atoms with Crippen LogP contribution in [0.25, 0.3) is 0 Å². The molecule has 2 aromatic rings. The normalized spacial score (nSPS) is 13.8. The minimum atomic E-state index is -1.27. The molecule has 0 spiro atoms. The zero-order valence-corrected chi connectivity index (χ0v) is 12.4. The van der Waals surface area contributed by atoms with Crippen molar-refractivity contribution in [1.82, 2.24) is 5.32 Å². The van der Waals surface area contributed by atoms with E-state index in [0.717, 1.165) is 12.1 Å². The lowest BCUT2D eigenvalue weighted by atomic mass is 9.99. The van der Waals surface area contributed by atoms with Crippen molar-refractivity contribution in [2.75, 3.05) is 6.54 Å². The van der Waals surface area contributed by atoms with Crippen LogP contribution in [0.4, 0.5) is 8.78 Å². The molecule has 1 aromatic carbocycles. The van der Waals surface area contributed by atoms with Crippen molar-refractivity contribution in [3.05, 3.63) is 57.3 Å². The Labute approximate surface area is 125 Å². The van der Waals surface area contributed by atoms with Gasteiger partial charge in [-0.2, -0.15) is 11.3 Å². The summed E-state index contributed by atoms with van der Waals surface area (Å²) < 4.78 is 27.1. The Morgan fingerprint density at radius 3 is 2.71 bits per heavy atom. The van der Waals surface area contributed by atoms with Gasteiger partial charge in [0, 0.05) is 0 Å². The number of nitrogens with one attached hydrogen (secondary N) is 1. The van der Waals surface area contributed by atoms with Gasteiger partial charge in [-0.25, -0.2) is 8.78 Å². The van der Waals surface area contributed by atoms with Crippen LogP contribution < -0.4 is 5.32 Å². The monoisotopic (exact) mass is 311 g/mol. The average molecular weight is 311 g/mol. The van der Waals surface area contributed by atoms with E-state index in [0.29, 0.717) is 5.56 Å². The number of carbonyl (C=O) groups excluding carboxylic acids is 1. The fourth-order valence-electron chi connectivity index (χ4n) is 1.84. The van der Waals surface area contributed by atoms with E-state index in [9.17, 15) is 18.7 Å². The van der Waals surface area contributed by atoms with Gasteiger partial charge in [0.05, 0.1) is 12.1 Å². The van der Waals surface area contributed by atoms with Gasteiger partial charge in [-0.1, -0.05) is 0 Å². The van der Waals surface area contributed by atoms with Gasteiger partial charge in [0.1, 0.15) is 17.2 Å². The van der Waals surface area contributed by atoms with Crippen LogP contribution in [0, 0.1) is 18.6 Å². The number of amides is 1. The smallest absolute Gasteiger partial charge is 0.254 e. The second-order valence-corrected chi connectivity index (χ2v) is 5.83. The summed E-state index contributed by atoms with van der Waals surface area (Å²) in [5, 5.41) is 16.3. The highest BCUT2D eigenvalue weighted by molar-refractivity contribution is 7.08. The largest absolute Gasteiger partial charge is 0.384 e. The first-order valence-corrected chi connectivity index (χ1v) is 7.24. The molecule has 1 atom stereocenters. The molecule has 1 unspecified atom stereocenters. The van der Waals surface area contributed by atoms with Crippen LogP contribution in [0.15, 0.2) is 29.0 Å². The van der Waals surface area contributed by atoms with Gasteiger partial charge < -0.3 is 10.4 Å². The van der Waals surface area contributed by atoms with Crippen LogP contribution in [0.5, 0.6) is 0 Å². The first-order valence-electron chi connectivity index (χ1n) is 6.30. The lowest BCUT2D eigenvalue weighted by Gasteiger charge is -2.22. The third kappa shape index (κ3) is 3.46. The Kier molecular flexibility index (Phi) is 4.39. The minimum Gasteiger partial charge on any atom is -0.384 e. The standard InChI is InChI=1S/C15H15F2NO2S/c1-9-5-13(17)11(6-12(9)16)14(19)18-8-15(2,20)10-3-4-21-7-10/h3-7,20H,8H2,1-2H3,(H,18,19). The van der Waals surface area contributed by atoms with Crippen molar-refractivity contribution in [1.29, 1.82) is 0 Å². The third-order valence-electron chi connectivity index (χ3n) is 3.23. The van der Waals surface area contributed by atoms with E-state index >= 15 is 0 Å². The van der Waals surface area contributed by atoms with E-state index in [1.165, 1.54) is 18.3 Å². The van der Waals surface area contributed by atoms with Crippen molar-refractivity contribution < 1.29 is 18.7 Å². The van der Waals surface area contributed by atoms with Gasteiger partial charge >= 0.3 is 0 Å². The zero-order chi connectivity index (χ0) is 15.6. The summed E-state index contributed by atoms with van der Waals surface area (Å²) in [6.07, 6.45) is 0. The molecule has 0 bridgehead atoms.